The zero-order valence-corrected chi connectivity index (χ0v) is 12.8. The maximum atomic E-state index is 12.0. The molecule has 1 aromatic heterocycles. The van der Waals surface area contributed by atoms with Crippen molar-refractivity contribution in [2.75, 3.05) is 13.6 Å². The van der Waals surface area contributed by atoms with E-state index in [1.165, 1.54) is 4.88 Å². The third-order valence-corrected chi connectivity index (χ3v) is 4.41. The molecular formula is C14H24N2OS. The summed E-state index contributed by atoms with van der Waals surface area (Å²) in [4.78, 5) is 15.3. The van der Waals surface area contributed by atoms with E-state index in [1.54, 1.807) is 11.3 Å². The molecule has 3 nitrogen and oxygen atoms in total. The van der Waals surface area contributed by atoms with E-state index in [4.69, 9.17) is 0 Å². The molecule has 102 valence electrons. The zero-order valence-electron chi connectivity index (χ0n) is 12.0. The van der Waals surface area contributed by atoms with Crippen LogP contribution < -0.4 is 5.32 Å². The minimum absolute atomic E-state index is 0.0905. The van der Waals surface area contributed by atoms with Crippen LogP contribution in [0.15, 0.2) is 17.5 Å². The summed E-state index contributed by atoms with van der Waals surface area (Å²) in [6.07, 6.45) is 0.933. The third-order valence-electron chi connectivity index (χ3n) is 3.37. The molecule has 1 atom stereocenters. The Bertz CT molecular complexity index is 373. The van der Waals surface area contributed by atoms with Crippen LogP contribution in [0, 0.1) is 0 Å². The first kappa shape index (κ1) is 15.2. The number of hydrogen-bond acceptors (Lipinski definition) is 3. The Morgan fingerprint density at radius 1 is 1.56 bits per heavy atom. The van der Waals surface area contributed by atoms with E-state index in [9.17, 15) is 4.79 Å². The second-order valence-electron chi connectivity index (χ2n) is 5.39. The number of nitrogens with one attached hydrogen (secondary N) is 1. The van der Waals surface area contributed by atoms with Gasteiger partial charge >= 0.3 is 0 Å². The number of likely N-dealkylation sites (N-methyl/N-ethyl adjacent to an activating group) is 1. The van der Waals surface area contributed by atoms with Gasteiger partial charge in [0.1, 0.15) is 0 Å². The summed E-state index contributed by atoms with van der Waals surface area (Å²) in [7, 11) is 1.99. The molecule has 0 aliphatic rings. The van der Waals surface area contributed by atoms with Crippen molar-refractivity contribution in [3.8, 4) is 0 Å². The van der Waals surface area contributed by atoms with Crippen LogP contribution in [0.3, 0.4) is 0 Å². The van der Waals surface area contributed by atoms with Crippen molar-refractivity contribution >= 4 is 17.2 Å². The van der Waals surface area contributed by atoms with Crippen molar-refractivity contribution in [2.24, 2.45) is 0 Å². The first-order valence-electron chi connectivity index (χ1n) is 6.40. The Labute approximate surface area is 114 Å². The van der Waals surface area contributed by atoms with Gasteiger partial charge < -0.3 is 5.32 Å². The van der Waals surface area contributed by atoms with Gasteiger partial charge in [0.15, 0.2) is 0 Å². The fourth-order valence-electron chi connectivity index (χ4n) is 1.61. The zero-order chi connectivity index (χ0) is 13.8. The normalized spacial score (nSPS) is 13.7. The molecule has 0 spiro atoms. The highest BCUT2D eigenvalue weighted by Crippen LogP contribution is 2.22. The maximum absolute atomic E-state index is 12.0. The minimum Gasteiger partial charge on any atom is -0.350 e. The minimum atomic E-state index is -0.121. The average molecular weight is 268 g/mol. The highest BCUT2D eigenvalue weighted by molar-refractivity contribution is 7.10. The largest absolute Gasteiger partial charge is 0.350 e. The lowest BCUT2D eigenvalue weighted by Gasteiger charge is -2.28. The van der Waals surface area contributed by atoms with Gasteiger partial charge in [-0.1, -0.05) is 13.0 Å². The fraction of sp³-hybridized carbons (Fsp3) is 0.643. The van der Waals surface area contributed by atoms with Gasteiger partial charge in [-0.2, -0.15) is 0 Å². The molecule has 0 radical (unpaired) electrons. The Hall–Kier alpha value is -0.870. The molecule has 0 saturated heterocycles. The number of amides is 1. The first-order valence-corrected chi connectivity index (χ1v) is 7.28. The van der Waals surface area contributed by atoms with E-state index >= 15 is 0 Å². The second-order valence-corrected chi connectivity index (χ2v) is 6.37. The lowest BCUT2D eigenvalue weighted by molar-refractivity contribution is -0.124. The van der Waals surface area contributed by atoms with E-state index in [0.29, 0.717) is 6.54 Å². The molecular weight excluding hydrogens is 244 g/mol. The molecule has 1 unspecified atom stereocenters. The summed E-state index contributed by atoms with van der Waals surface area (Å²) in [5.41, 5.74) is -0.121. The van der Waals surface area contributed by atoms with Crippen LogP contribution in [-0.4, -0.2) is 29.9 Å². The van der Waals surface area contributed by atoms with Crippen LogP contribution in [0.4, 0.5) is 0 Å². The first-order chi connectivity index (χ1) is 8.35. The molecule has 4 heteroatoms. The molecule has 0 bridgehead atoms. The molecule has 1 rings (SSSR count). The van der Waals surface area contributed by atoms with Crippen LogP contribution in [-0.2, 0) is 4.79 Å². The van der Waals surface area contributed by atoms with E-state index in [2.05, 4.69) is 35.5 Å². The lowest BCUT2D eigenvalue weighted by Crippen LogP contribution is -2.47. The predicted octanol–water partition coefficient (Wildman–Crippen LogP) is 3.05. The van der Waals surface area contributed by atoms with Crippen molar-refractivity contribution in [3.63, 3.8) is 0 Å². The number of carbonyl (C=O) groups excluding carboxylic acids is 1. The molecule has 0 saturated carbocycles. The smallest absolute Gasteiger partial charge is 0.234 e. The van der Waals surface area contributed by atoms with Gasteiger partial charge in [-0.25, -0.2) is 0 Å². The van der Waals surface area contributed by atoms with Crippen molar-refractivity contribution in [2.45, 2.75) is 45.7 Å². The van der Waals surface area contributed by atoms with Gasteiger partial charge in [0.2, 0.25) is 5.91 Å². The standard InChI is InChI=1S/C14H24N2OS/c1-6-14(3,4)15-13(17)10-16(5)11(2)12-8-7-9-18-12/h7-9,11H,6,10H2,1-5H3,(H,15,17). The molecule has 1 heterocycles. The highest BCUT2D eigenvalue weighted by Gasteiger charge is 2.20. The summed E-state index contributed by atoms with van der Waals surface area (Å²) in [6, 6.07) is 4.44. The predicted molar refractivity (Wildman–Crippen MR) is 77.9 cm³/mol. The summed E-state index contributed by atoms with van der Waals surface area (Å²) in [6.45, 7) is 8.74. The van der Waals surface area contributed by atoms with Crippen LogP contribution in [0.25, 0.3) is 0 Å². The highest BCUT2D eigenvalue weighted by atomic mass is 32.1. The number of nitrogens with zero attached hydrogens (tertiary/aromatic N) is 1. The van der Waals surface area contributed by atoms with E-state index < -0.39 is 0 Å². The van der Waals surface area contributed by atoms with Gasteiger partial charge in [0.25, 0.3) is 0 Å². The summed E-state index contributed by atoms with van der Waals surface area (Å²) in [5.74, 6) is 0.0905. The monoisotopic (exact) mass is 268 g/mol. The molecule has 1 amide bonds. The SMILES string of the molecule is CCC(C)(C)NC(=O)CN(C)C(C)c1cccs1. The third kappa shape index (κ3) is 4.42. The molecule has 0 fully saturated rings. The molecule has 1 N–H and O–H groups in total. The van der Waals surface area contributed by atoms with Gasteiger partial charge in [-0.15, -0.1) is 11.3 Å². The van der Waals surface area contributed by atoms with E-state index in [1.807, 2.05) is 27.0 Å². The summed E-state index contributed by atoms with van der Waals surface area (Å²) < 4.78 is 0. The van der Waals surface area contributed by atoms with Crippen molar-refractivity contribution in [1.82, 2.24) is 10.2 Å². The molecule has 0 aliphatic carbocycles. The Morgan fingerprint density at radius 3 is 2.72 bits per heavy atom. The van der Waals surface area contributed by atoms with Gasteiger partial charge in [0.05, 0.1) is 6.54 Å². The maximum Gasteiger partial charge on any atom is 0.234 e. The van der Waals surface area contributed by atoms with Gasteiger partial charge in [-0.05, 0) is 45.7 Å². The van der Waals surface area contributed by atoms with Crippen LogP contribution in [0.5, 0.6) is 0 Å². The number of carbonyl (C=O) groups is 1. The number of thiophene rings is 1. The van der Waals surface area contributed by atoms with Crippen molar-refractivity contribution < 1.29 is 4.79 Å². The Morgan fingerprint density at radius 2 is 2.22 bits per heavy atom. The second kappa shape index (κ2) is 6.34. The Balaban J connectivity index is 2.50. The Kier molecular flexibility index (Phi) is 5.35. The fourth-order valence-corrected chi connectivity index (χ4v) is 2.46. The van der Waals surface area contributed by atoms with Gasteiger partial charge in [0, 0.05) is 16.5 Å². The lowest BCUT2D eigenvalue weighted by atomic mass is 10.0. The van der Waals surface area contributed by atoms with Crippen LogP contribution in [0.2, 0.25) is 0 Å². The summed E-state index contributed by atoms with van der Waals surface area (Å²) >= 11 is 1.73. The summed E-state index contributed by atoms with van der Waals surface area (Å²) in [5, 5.41) is 5.13. The van der Waals surface area contributed by atoms with Crippen molar-refractivity contribution in [3.05, 3.63) is 22.4 Å². The van der Waals surface area contributed by atoms with Crippen LogP contribution >= 0.6 is 11.3 Å². The van der Waals surface area contributed by atoms with Crippen molar-refractivity contribution in [1.29, 1.82) is 0 Å². The average Bonchev–Trinajstić information content (AvgIpc) is 2.80. The van der Waals surface area contributed by atoms with E-state index in [0.717, 1.165) is 6.42 Å². The van der Waals surface area contributed by atoms with Crippen LogP contribution in [0.1, 0.15) is 45.0 Å². The molecule has 1 aromatic rings. The number of rotatable bonds is 6. The van der Waals surface area contributed by atoms with Gasteiger partial charge in [-0.3, -0.25) is 9.69 Å². The van der Waals surface area contributed by atoms with E-state index in [-0.39, 0.29) is 17.5 Å². The molecule has 18 heavy (non-hydrogen) atoms. The number of hydrogen-bond donors (Lipinski definition) is 1. The molecule has 0 aromatic carbocycles. The quantitative estimate of drug-likeness (QED) is 0.860. The molecule has 0 aliphatic heterocycles. The topological polar surface area (TPSA) is 32.3 Å².